The first-order valence-corrected chi connectivity index (χ1v) is 10.5. The van der Waals surface area contributed by atoms with Gasteiger partial charge < -0.3 is 9.15 Å². The van der Waals surface area contributed by atoms with Gasteiger partial charge in [-0.1, -0.05) is 54.6 Å². The molecule has 0 aliphatic rings. The SMILES string of the molecule is COc1cccc2c1oc1c3ccccc3[n+](C)c(-c3c(C)ccc4ccccc34)c21. The van der Waals surface area contributed by atoms with E-state index in [9.17, 15) is 0 Å². The van der Waals surface area contributed by atoms with Gasteiger partial charge in [-0.3, -0.25) is 0 Å². The number of hydrogen-bond donors (Lipinski definition) is 0. The summed E-state index contributed by atoms with van der Waals surface area (Å²) in [7, 11) is 3.84. The Morgan fingerprint density at radius 2 is 1.48 bits per heavy atom. The first kappa shape index (κ1) is 18.0. The van der Waals surface area contributed by atoms with Crippen LogP contribution in [0.2, 0.25) is 0 Å². The third-order valence-corrected chi connectivity index (χ3v) is 6.36. The molecular weight excluding hydrogens is 382 g/mol. The highest BCUT2D eigenvalue weighted by molar-refractivity contribution is 6.20. The molecule has 2 aromatic heterocycles. The molecule has 6 aromatic rings. The molecule has 0 aliphatic heterocycles. The number of methoxy groups -OCH3 is 1. The van der Waals surface area contributed by atoms with Crippen molar-refractivity contribution in [2.45, 2.75) is 6.92 Å². The second kappa shape index (κ2) is 6.58. The van der Waals surface area contributed by atoms with E-state index in [-0.39, 0.29) is 0 Å². The third-order valence-electron chi connectivity index (χ3n) is 6.36. The van der Waals surface area contributed by atoms with E-state index in [0.717, 1.165) is 44.3 Å². The summed E-state index contributed by atoms with van der Waals surface area (Å²) in [4.78, 5) is 0. The van der Waals surface area contributed by atoms with Gasteiger partial charge in [0.2, 0.25) is 11.2 Å². The Balaban J connectivity index is 1.93. The molecule has 0 saturated carbocycles. The highest BCUT2D eigenvalue weighted by atomic mass is 16.5. The summed E-state index contributed by atoms with van der Waals surface area (Å²) in [5, 5.41) is 5.76. The lowest BCUT2D eigenvalue weighted by atomic mass is 9.93. The molecule has 0 atom stereocenters. The maximum Gasteiger partial charge on any atom is 0.225 e. The standard InChI is InChI=1S/C28H22NO2/c1-17-15-16-18-9-4-5-10-19(18)24(17)26-25-21-12-8-14-23(30-3)27(21)31-28(25)20-11-6-7-13-22(20)29(26)2/h4-16H,1-3H3/q+1. The first-order valence-electron chi connectivity index (χ1n) is 10.5. The number of furan rings is 1. The predicted molar refractivity (Wildman–Crippen MR) is 127 cm³/mol. The number of aromatic nitrogens is 1. The lowest BCUT2D eigenvalue weighted by Gasteiger charge is -2.11. The number of para-hydroxylation sites is 2. The first-order chi connectivity index (χ1) is 15.2. The molecule has 31 heavy (non-hydrogen) atoms. The van der Waals surface area contributed by atoms with E-state index in [1.54, 1.807) is 7.11 Å². The van der Waals surface area contributed by atoms with Crippen LogP contribution in [0, 0.1) is 6.92 Å². The number of benzene rings is 4. The van der Waals surface area contributed by atoms with E-state index in [1.807, 2.05) is 12.1 Å². The van der Waals surface area contributed by atoms with Crippen molar-refractivity contribution in [2.75, 3.05) is 7.11 Å². The van der Waals surface area contributed by atoms with Gasteiger partial charge in [0.15, 0.2) is 16.9 Å². The Bertz CT molecular complexity index is 1640. The van der Waals surface area contributed by atoms with Crippen LogP contribution in [0.15, 0.2) is 83.3 Å². The Morgan fingerprint density at radius 3 is 2.32 bits per heavy atom. The van der Waals surface area contributed by atoms with Gasteiger partial charge in [-0.2, -0.15) is 4.57 Å². The van der Waals surface area contributed by atoms with Gasteiger partial charge in [0, 0.05) is 11.5 Å². The van der Waals surface area contributed by atoms with E-state index >= 15 is 0 Å². The minimum atomic E-state index is 0.751. The largest absolute Gasteiger partial charge is 0.493 e. The number of nitrogens with zero attached hydrogens (tertiary/aromatic N) is 1. The summed E-state index contributed by atoms with van der Waals surface area (Å²) in [5.74, 6) is 0.751. The van der Waals surface area contributed by atoms with Crippen LogP contribution in [0.1, 0.15) is 5.56 Å². The molecule has 3 nitrogen and oxygen atoms in total. The fourth-order valence-corrected chi connectivity index (χ4v) is 4.91. The Hall–Kier alpha value is -3.85. The number of rotatable bonds is 2. The van der Waals surface area contributed by atoms with E-state index in [1.165, 1.54) is 21.9 Å². The highest BCUT2D eigenvalue weighted by Crippen LogP contribution is 2.43. The van der Waals surface area contributed by atoms with Gasteiger partial charge in [-0.15, -0.1) is 0 Å². The molecule has 2 heterocycles. The van der Waals surface area contributed by atoms with Crippen LogP contribution in [-0.2, 0) is 7.05 Å². The summed E-state index contributed by atoms with van der Waals surface area (Å²) in [6.45, 7) is 2.19. The molecular formula is C28H22NO2+. The summed E-state index contributed by atoms with van der Waals surface area (Å²) < 4.78 is 14.5. The normalized spacial score (nSPS) is 11.7. The third kappa shape index (κ3) is 2.43. The van der Waals surface area contributed by atoms with Crippen LogP contribution in [0.5, 0.6) is 5.75 Å². The summed E-state index contributed by atoms with van der Waals surface area (Å²) in [6.07, 6.45) is 0. The van der Waals surface area contributed by atoms with E-state index in [4.69, 9.17) is 9.15 Å². The average molecular weight is 404 g/mol. The molecule has 0 spiro atoms. The van der Waals surface area contributed by atoms with Crippen molar-refractivity contribution in [1.82, 2.24) is 0 Å². The number of hydrogen-bond acceptors (Lipinski definition) is 2. The molecule has 0 radical (unpaired) electrons. The fraction of sp³-hybridized carbons (Fsp3) is 0.107. The van der Waals surface area contributed by atoms with E-state index in [0.29, 0.717) is 0 Å². The molecule has 0 saturated heterocycles. The second-order valence-electron chi connectivity index (χ2n) is 8.05. The lowest BCUT2D eigenvalue weighted by molar-refractivity contribution is -0.632. The van der Waals surface area contributed by atoms with Gasteiger partial charge in [0.25, 0.3) is 0 Å². The molecule has 4 aromatic carbocycles. The van der Waals surface area contributed by atoms with Gasteiger partial charge >= 0.3 is 0 Å². The minimum absolute atomic E-state index is 0.751. The van der Waals surface area contributed by atoms with Crippen LogP contribution in [-0.4, -0.2) is 7.11 Å². The van der Waals surface area contributed by atoms with Crippen molar-refractivity contribution in [3.05, 3.63) is 84.4 Å². The van der Waals surface area contributed by atoms with Crippen molar-refractivity contribution in [3.63, 3.8) is 0 Å². The lowest BCUT2D eigenvalue weighted by Crippen LogP contribution is -2.32. The van der Waals surface area contributed by atoms with Crippen molar-refractivity contribution in [3.8, 4) is 17.0 Å². The van der Waals surface area contributed by atoms with Gasteiger partial charge in [0.1, 0.15) is 12.4 Å². The van der Waals surface area contributed by atoms with E-state index in [2.05, 4.69) is 85.3 Å². The second-order valence-corrected chi connectivity index (χ2v) is 8.05. The monoisotopic (exact) mass is 404 g/mol. The molecule has 6 rings (SSSR count). The molecule has 0 bridgehead atoms. The topological polar surface area (TPSA) is 26.2 Å². The van der Waals surface area contributed by atoms with Gasteiger partial charge in [0.05, 0.1) is 18.1 Å². The highest BCUT2D eigenvalue weighted by Gasteiger charge is 2.28. The number of pyridine rings is 1. The maximum absolute atomic E-state index is 6.52. The zero-order valence-electron chi connectivity index (χ0n) is 17.8. The molecule has 0 unspecified atom stereocenters. The van der Waals surface area contributed by atoms with E-state index < -0.39 is 0 Å². The molecule has 150 valence electrons. The van der Waals surface area contributed by atoms with Crippen LogP contribution in [0.4, 0.5) is 0 Å². The van der Waals surface area contributed by atoms with Crippen molar-refractivity contribution >= 4 is 43.6 Å². The summed E-state index contributed by atoms with van der Waals surface area (Å²) >= 11 is 0. The smallest absolute Gasteiger partial charge is 0.225 e. The van der Waals surface area contributed by atoms with Crippen molar-refractivity contribution < 1.29 is 13.7 Å². The Kier molecular flexibility index (Phi) is 3.81. The molecule has 0 N–H and O–H groups in total. The zero-order chi connectivity index (χ0) is 21.1. The molecule has 3 heteroatoms. The summed E-state index contributed by atoms with van der Waals surface area (Å²) in [6, 6.07) is 27.5. The predicted octanol–water partition coefficient (Wildman–Crippen LogP) is 6.70. The molecule has 0 aliphatic carbocycles. The van der Waals surface area contributed by atoms with Crippen molar-refractivity contribution in [2.24, 2.45) is 7.05 Å². The van der Waals surface area contributed by atoms with Crippen LogP contribution in [0.25, 0.3) is 54.9 Å². The van der Waals surface area contributed by atoms with Crippen molar-refractivity contribution in [1.29, 1.82) is 0 Å². The average Bonchev–Trinajstić information content (AvgIpc) is 3.20. The Labute approximate surface area is 180 Å². The zero-order valence-corrected chi connectivity index (χ0v) is 17.8. The number of ether oxygens (including phenoxy) is 1. The van der Waals surface area contributed by atoms with Crippen LogP contribution in [0.3, 0.4) is 0 Å². The summed E-state index contributed by atoms with van der Waals surface area (Å²) in [5.41, 5.74) is 6.46. The van der Waals surface area contributed by atoms with Gasteiger partial charge in [-0.05, 0) is 41.5 Å². The quantitative estimate of drug-likeness (QED) is 0.300. The van der Waals surface area contributed by atoms with Crippen LogP contribution < -0.4 is 9.30 Å². The van der Waals surface area contributed by atoms with Crippen LogP contribution >= 0.6 is 0 Å². The van der Waals surface area contributed by atoms with Gasteiger partial charge in [-0.25, -0.2) is 0 Å². The Morgan fingerprint density at radius 1 is 0.742 bits per heavy atom. The fourth-order valence-electron chi connectivity index (χ4n) is 4.91. The number of aryl methyl sites for hydroxylation is 2. The molecule has 0 fully saturated rings. The minimum Gasteiger partial charge on any atom is -0.493 e. The maximum atomic E-state index is 6.52. The molecule has 0 amide bonds. The number of fused-ring (bicyclic) bond motifs is 6.